The minimum atomic E-state index is -0.751. The van der Waals surface area contributed by atoms with Crippen LogP contribution in [-0.2, 0) is 4.79 Å². The number of carboxylic acids is 1. The van der Waals surface area contributed by atoms with Gasteiger partial charge in [-0.1, -0.05) is 0 Å². The summed E-state index contributed by atoms with van der Waals surface area (Å²) in [5, 5.41) is 8.81. The number of nitrogens with zero attached hydrogens (tertiary/aromatic N) is 1. The molecule has 104 valence electrons. The molecule has 0 bridgehead atoms. The standard InChI is InChI=1S/C14H18INO3/c15-12-3-5-13(6-4-12)19-10-11-2-1-7-16(8-11)9-14(17)18/h3-6,11H,1-2,7-10H2,(H,17,18)/t11-/m1/s1. The number of piperidine rings is 1. The van der Waals surface area contributed by atoms with Crippen LogP contribution < -0.4 is 4.74 Å². The molecule has 19 heavy (non-hydrogen) atoms. The lowest BCUT2D eigenvalue weighted by Crippen LogP contribution is -2.40. The topological polar surface area (TPSA) is 49.8 Å². The van der Waals surface area contributed by atoms with Gasteiger partial charge in [-0.3, -0.25) is 9.69 Å². The maximum Gasteiger partial charge on any atom is 0.317 e. The van der Waals surface area contributed by atoms with Crippen LogP contribution in [0.4, 0.5) is 0 Å². The van der Waals surface area contributed by atoms with Crippen LogP contribution in [0.3, 0.4) is 0 Å². The maximum atomic E-state index is 10.7. The van der Waals surface area contributed by atoms with Crippen molar-refractivity contribution in [2.24, 2.45) is 5.92 Å². The summed E-state index contributed by atoms with van der Waals surface area (Å²) in [4.78, 5) is 12.7. The number of carboxylic acid groups (broad SMARTS) is 1. The number of halogens is 1. The summed E-state index contributed by atoms with van der Waals surface area (Å²) in [5.41, 5.74) is 0. The molecule has 1 saturated heterocycles. The van der Waals surface area contributed by atoms with Crippen molar-refractivity contribution < 1.29 is 14.6 Å². The summed E-state index contributed by atoms with van der Waals surface area (Å²) in [6.45, 7) is 2.50. The molecule has 1 N–H and O–H groups in total. The van der Waals surface area contributed by atoms with Crippen LogP contribution in [0.15, 0.2) is 24.3 Å². The number of hydrogen-bond acceptors (Lipinski definition) is 3. The molecule has 0 radical (unpaired) electrons. The molecular weight excluding hydrogens is 357 g/mol. The van der Waals surface area contributed by atoms with E-state index in [0.29, 0.717) is 12.5 Å². The molecule has 1 aromatic rings. The molecule has 1 atom stereocenters. The largest absolute Gasteiger partial charge is 0.493 e. The molecule has 0 spiro atoms. The number of rotatable bonds is 5. The first-order valence-electron chi connectivity index (χ1n) is 6.46. The van der Waals surface area contributed by atoms with Crippen molar-refractivity contribution >= 4 is 28.6 Å². The van der Waals surface area contributed by atoms with Gasteiger partial charge < -0.3 is 9.84 Å². The van der Waals surface area contributed by atoms with Gasteiger partial charge in [-0.25, -0.2) is 0 Å². The van der Waals surface area contributed by atoms with E-state index in [2.05, 4.69) is 22.6 Å². The number of ether oxygens (including phenoxy) is 1. The van der Waals surface area contributed by atoms with E-state index in [4.69, 9.17) is 9.84 Å². The molecule has 5 heteroatoms. The second-order valence-corrected chi connectivity index (χ2v) is 6.15. The summed E-state index contributed by atoms with van der Waals surface area (Å²) in [7, 11) is 0. The molecule has 1 fully saturated rings. The van der Waals surface area contributed by atoms with Crippen LogP contribution in [0.1, 0.15) is 12.8 Å². The average molecular weight is 375 g/mol. The maximum absolute atomic E-state index is 10.7. The van der Waals surface area contributed by atoms with E-state index in [9.17, 15) is 4.79 Å². The van der Waals surface area contributed by atoms with Crippen LogP contribution in [-0.4, -0.2) is 42.2 Å². The van der Waals surface area contributed by atoms with Gasteiger partial charge in [0.15, 0.2) is 0 Å². The number of likely N-dealkylation sites (tertiary alicyclic amines) is 1. The van der Waals surface area contributed by atoms with E-state index in [0.717, 1.165) is 31.7 Å². The lowest BCUT2D eigenvalue weighted by atomic mass is 9.99. The van der Waals surface area contributed by atoms with Gasteiger partial charge in [-0.15, -0.1) is 0 Å². The number of carbonyl (C=O) groups is 1. The van der Waals surface area contributed by atoms with Gasteiger partial charge in [-0.05, 0) is 66.2 Å². The fourth-order valence-electron chi connectivity index (χ4n) is 2.37. The first-order chi connectivity index (χ1) is 9.13. The Morgan fingerprint density at radius 1 is 1.42 bits per heavy atom. The first kappa shape index (κ1) is 14.6. The van der Waals surface area contributed by atoms with E-state index >= 15 is 0 Å². The number of aliphatic carboxylic acids is 1. The van der Waals surface area contributed by atoms with Gasteiger partial charge in [0, 0.05) is 16.0 Å². The molecular formula is C14H18INO3. The second kappa shape index (κ2) is 7.09. The van der Waals surface area contributed by atoms with Gasteiger partial charge in [0.05, 0.1) is 13.2 Å². The molecule has 1 heterocycles. The Kier molecular flexibility index (Phi) is 5.45. The lowest BCUT2D eigenvalue weighted by molar-refractivity contribution is -0.138. The molecule has 0 aromatic heterocycles. The van der Waals surface area contributed by atoms with E-state index in [1.807, 2.05) is 29.2 Å². The number of benzene rings is 1. The second-order valence-electron chi connectivity index (χ2n) is 4.90. The van der Waals surface area contributed by atoms with Crippen molar-refractivity contribution in [1.29, 1.82) is 0 Å². The molecule has 0 saturated carbocycles. The highest BCUT2D eigenvalue weighted by atomic mass is 127. The zero-order valence-corrected chi connectivity index (χ0v) is 12.9. The van der Waals surface area contributed by atoms with Crippen molar-refractivity contribution in [3.63, 3.8) is 0 Å². The third-order valence-corrected chi connectivity index (χ3v) is 3.98. The Hall–Kier alpha value is -0.820. The Morgan fingerprint density at radius 3 is 2.84 bits per heavy atom. The van der Waals surface area contributed by atoms with Gasteiger partial charge in [0.25, 0.3) is 0 Å². The van der Waals surface area contributed by atoms with E-state index < -0.39 is 5.97 Å². The highest BCUT2D eigenvalue weighted by Crippen LogP contribution is 2.19. The summed E-state index contributed by atoms with van der Waals surface area (Å²) < 4.78 is 6.97. The van der Waals surface area contributed by atoms with Crippen molar-refractivity contribution in [3.05, 3.63) is 27.8 Å². The van der Waals surface area contributed by atoms with E-state index in [-0.39, 0.29) is 6.54 Å². The van der Waals surface area contributed by atoms with Crippen molar-refractivity contribution in [1.82, 2.24) is 4.90 Å². The predicted molar refractivity (Wildman–Crippen MR) is 81.5 cm³/mol. The van der Waals surface area contributed by atoms with Crippen LogP contribution in [0.5, 0.6) is 5.75 Å². The molecule has 0 aliphatic carbocycles. The smallest absolute Gasteiger partial charge is 0.317 e. The molecule has 2 rings (SSSR count). The summed E-state index contributed by atoms with van der Waals surface area (Å²) >= 11 is 2.26. The lowest BCUT2D eigenvalue weighted by Gasteiger charge is -2.31. The SMILES string of the molecule is O=C(O)CN1CCC[C@@H](COc2ccc(I)cc2)C1. The fraction of sp³-hybridized carbons (Fsp3) is 0.500. The average Bonchev–Trinajstić information content (AvgIpc) is 2.38. The normalized spacial score (nSPS) is 20.2. The first-order valence-corrected chi connectivity index (χ1v) is 7.54. The Balaban J connectivity index is 1.79. The third-order valence-electron chi connectivity index (χ3n) is 3.26. The summed E-state index contributed by atoms with van der Waals surface area (Å²) in [5.74, 6) is 0.558. The molecule has 0 unspecified atom stereocenters. The highest BCUT2D eigenvalue weighted by Gasteiger charge is 2.21. The molecule has 4 nitrogen and oxygen atoms in total. The van der Waals surface area contributed by atoms with Gasteiger partial charge in [0.1, 0.15) is 5.75 Å². The van der Waals surface area contributed by atoms with Crippen molar-refractivity contribution in [3.8, 4) is 5.75 Å². The summed E-state index contributed by atoms with van der Waals surface area (Å²) in [6.07, 6.45) is 2.16. The van der Waals surface area contributed by atoms with Crippen LogP contribution in [0.2, 0.25) is 0 Å². The third kappa shape index (κ3) is 4.99. The minimum Gasteiger partial charge on any atom is -0.493 e. The molecule has 1 aliphatic rings. The Morgan fingerprint density at radius 2 is 2.16 bits per heavy atom. The van der Waals surface area contributed by atoms with Crippen molar-refractivity contribution in [2.45, 2.75) is 12.8 Å². The Labute approximate surface area is 126 Å². The quantitative estimate of drug-likeness (QED) is 0.804. The zero-order valence-electron chi connectivity index (χ0n) is 10.7. The van der Waals surface area contributed by atoms with Gasteiger partial charge in [0.2, 0.25) is 0 Å². The van der Waals surface area contributed by atoms with E-state index in [1.165, 1.54) is 3.57 Å². The van der Waals surface area contributed by atoms with Gasteiger partial charge in [-0.2, -0.15) is 0 Å². The molecule has 1 aliphatic heterocycles. The monoisotopic (exact) mass is 375 g/mol. The van der Waals surface area contributed by atoms with Crippen LogP contribution in [0, 0.1) is 9.49 Å². The van der Waals surface area contributed by atoms with Crippen LogP contribution in [0.25, 0.3) is 0 Å². The van der Waals surface area contributed by atoms with Crippen molar-refractivity contribution in [2.75, 3.05) is 26.2 Å². The fourth-order valence-corrected chi connectivity index (χ4v) is 2.73. The predicted octanol–water partition coefficient (Wildman–Crippen LogP) is 2.47. The Bertz CT molecular complexity index is 421. The summed E-state index contributed by atoms with van der Waals surface area (Å²) in [6, 6.07) is 7.99. The molecule has 0 amide bonds. The zero-order chi connectivity index (χ0) is 13.7. The minimum absolute atomic E-state index is 0.139. The van der Waals surface area contributed by atoms with E-state index in [1.54, 1.807) is 0 Å². The van der Waals surface area contributed by atoms with Gasteiger partial charge >= 0.3 is 5.97 Å². The number of hydrogen-bond donors (Lipinski definition) is 1. The molecule has 1 aromatic carbocycles. The highest BCUT2D eigenvalue weighted by molar-refractivity contribution is 14.1. The van der Waals surface area contributed by atoms with Crippen LogP contribution >= 0.6 is 22.6 Å².